The van der Waals surface area contributed by atoms with Crippen LogP contribution in [0.15, 0.2) is 53.6 Å². The Labute approximate surface area is 259 Å². The SMILES string of the molecule is C=C1C(OC(=O)CCc2ccccc2)CCC2(C)C(OC(C)=O)C(OC(C)=O)C3=C(C)C(=O)CC(C(OC(C)=O)C12)C3(C)C. The van der Waals surface area contributed by atoms with Crippen LogP contribution in [0.5, 0.6) is 0 Å². The van der Waals surface area contributed by atoms with E-state index in [0.29, 0.717) is 36.0 Å². The molecule has 9 heteroatoms. The number of hydrogen-bond acceptors (Lipinski definition) is 9. The van der Waals surface area contributed by atoms with Crippen molar-refractivity contribution in [3.8, 4) is 0 Å². The molecular weight excluding hydrogens is 564 g/mol. The van der Waals surface area contributed by atoms with E-state index in [9.17, 15) is 24.0 Å². The molecule has 0 aliphatic heterocycles. The van der Waals surface area contributed by atoms with Crippen LogP contribution >= 0.6 is 0 Å². The minimum absolute atomic E-state index is 0.0900. The van der Waals surface area contributed by atoms with E-state index in [2.05, 4.69) is 6.58 Å². The Morgan fingerprint density at radius 3 is 2.11 bits per heavy atom. The van der Waals surface area contributed by atoms with Crippen LogP contribution in [0.3, 0.4) is 0 Å². The third-order valence-electron chi connectivity index (χ3n) is 9.87. The maximum Gasteiger partial charge on any atom is 0.306 e. The molecule has 7 unspecified atom stereocenters. The molecule has 4 rings (SSSR count). The second-order valence-electron chi connectivity index (χ2n) is 13.2. The summed E-state index contributed by atoms with van der Waals surface area (Å²) in [5.74, 6) is -3.50. The third kappa shape index (κ3) is 6.37. The van der Waals surface area contributed by atoms with Gasteiger partial charge in [0.2, 0.25) is 0 Å². The van der Waals surface area contributed by atoms with E-state index in [1.807, 2.05) is 51.1 Å². The summed E-state index contributed by atoms with van der Waals surface area (Å²) in [6.45, 7) is 15.7. The number of carbonyl (C=O) groups excluding carboxylic acids is 5. The number of fused-ring (bicyclic) bond motifs is 3. The molecule has 2 saturated carbocycles. The van der Waals surface area contributed by atoms with Gasteiger partial charge in [0.25, 0.3) is 0 Å². The fraction of sp³-hybridized carbons (Fsp3) is 0.571. The molecule has 1 aromatic carbocycles. The van der Waals surface area contributed by atoms with Crippen LogP contribution < -0.4 is 0 Å². The zero-order valence-corrected chi connectivity index (χ0v) is 26.8. The molecule has 238 valence electrons. The molecule has 0 N–H and O–H groups in total. The van der Waals surface area contributed by atoms with Gasteiger partial charge < -0.3 is 18.9 Å². The Morgan fingerprint density at radius 1 is 0.909 bits per heavy atom. The molecule has 2 bridgehead atoms. The number of carbonyl (C=O) groups is 5. The molecule has 0 radical (unpaired) electrons. The first kappa shape index (κ1) is 33.1. The number of aryl methyl sites for hydroxylation is 1. The standard InChI is InChI=1S/C35H44O9/c1-19-26(39)18-25-31(41-21(3)36)30-20(2)27(44-28(40)15-14-24-12-10-9-11-13-24)16-17-35(30,8)33(43-23(5)38)32(42-22(4)37)29(19)34(25,6)7/h9-13,25,27,30-33H,2,14-18H2,1,3-8H3. The lowest BCUT2D eigenvalue weighted by Gasteiger charge is -2.59. The highest BCUT2D eigenvalue weighted by Crippen LogP contribution is 2.60. The van der Waals surface area contributed by atoms with Gasteiger partial charge in [-0.05, 0) is 53.9 Å². The summed E-state index contributed by atoms with van der Waals surface area (Å²) in [4.78, 5) is 64.5. The molecule has 1 aromatic rings. The molecule has 2 fully saturated rings. The van der Waals surface area contributed by atoms with E-state index in [-0.39, 0.29) is 24.6 Å². The number of esters is 4. The van der Waals surface area contributed by atoms with Gasteiger partial charge in [0.1, 0.15) is 18.3 Å². The minimum atomic E-state index is -1.07. The van der Waals surface area contributed by atoms with Crippen LogP contribution in [-0.4, -0.2) is 54.1 Å². The molecule has 0 spiro atoms. The van der Waals surface area contributed by atoms with Crippen molar-refractivity contribution in [2.45, 2.75) is 105 Å². The number of ketones is 1. The third-order valence-corrected chi connectivity index (χ3v) is 9.87. The Balaban J connectivity index is 1.82. The van der Waals surface area contributed by atoms with Crippen LogP contribution in [0, 0.1) is 22.7 Å². The van der Waals surface area contributed by atoms with Crippen molar-refractivity contribution in [1.29, 1.82) is 0 Å². The zero-order valence-electron chi connectivity index (χ0n) is 26.8. The summed E-state index contributed by atoms with van der Waals surface area (Å²) in [7, 11) is 0. The number of hydrogen-bond donors (Lipinski definition) is 0. The predicted molar refractivity (Wildman–Crippen MR) is 161 cm³/mol. The molecular formula is C35H44O9. The molecule has 44 heavy (non-hydrogen) atoms. The van der Waals surface area contributed by atoms with Crippen molar-refractivity contribution in [2.75, 3.05) is 0 Å². The van der Waals surface area contributed by atoms with Gasteiger partial charge in [-0.25, -0.2) is 0 Å². The van der Waals surface area contributed by atoms with Gasteiger partial charge in [-0.3, -0.25) is 24.0 Å². The lowest BCUT2D eigenvalue weighted by Crippen LogP contribution is -2.64. The second kappa shape index (κ2) is 12.7. The monoisotopic (exact) mass is 608 g/mol. The van der Waals surface area contributed by atoms with Gasteiger partial charge in [0.05, 0.1) is 0 Å². The minimum Gasteiger partial charge on any atom is -0.462 e. The number of Topliss-reactive ketones (excluding diaryl/α,β-unsaturated/α-hetero) is 1. The number of ether oxygens (including phenoxy) is 4. The average molecular weight is 609 g/mol. The van der Waals surface area contributed by atoms with Gasteiger partial charge in [-0.1, -0.05) is 57.7 Å². The Kier molecular flexibility index (Phi) is 9.57. The highest BCUT2D eigenvalue weighted by molar-refractivity contribution is 5.97. The quantitative estimate of drug-likeness (QED) is 0.232. The van der Waals surface area contributed by atoms with E-state index in [4.69, 9.17) is 18.9 Å². The first-order valence-corrected chi connectivity index (χ1v) is 15.3. The van der Waals surface area contributed by atoms with Crippen LogP contribution in [0.25, 0.3) is 0 Å². The topological polar surface area (TPSA) is 122 Å². The summed E-state index contributed by atoms with van der Waals surface area (Å²) in [6, 6.07) is 9.63. The molecule has 0 saturated heterocycles. The maximum absolute atomic E-state index is 13.5. The Morgan fingerprint density at radius 2 is 1.52 bits per heavy atom. The van der Waals surface area contributed by atoms with E-state index in [1.54, 1.807) is 6.92 Å². The van der Waals surface area contributed by atoms with E-state index < -0.39 is 65.0 Å². The molecule has 3 aliphatic rings. The first-order chi connectivity index (χ1) is 20.6. The molecule has 0 heterocycles. The van der Waals surface area contributed by atoms with Crippen molar-refractivity contribution < 1.29 is 42.9 Å². The van der Waals surface area contributed by atoms with Crippen molar-refractivity contribution in [1.82, 2.24) is 0 Å². The summed E-state index contributed by atoms with van der Waals surface area (Å²) in [5, 5.41) is 0. The van der Waals surface area contributed by atoms with Gasteiger partial charge in [0.15, 0.2) is 11.9 Å². The van der Waals surface area contributed by atoms with E-state index >= 15 is 0 Å². The fourth-order valence-corrected chi connectivity index (χ4v) is 7.85. The van der Waals surface area contributed by atoms with E-state index in [0.717, 1.165) is 5.56 Å². The summed E-state index contributed by atoms with van der Waals surface area (Å²) in [5.41, 5.74) is 0.720. The molecule has 9 nitrogen and oxygen atoms in total. The van der Waals surface area contributed by atoms with Gasteiger partial charge in [-0.15, -0.1) is 0 Å². The van der Waals surface area contributed by atoms with Crippen LogP contribution in [-0.2, 0) is 49.3 Å². The average Bonchev–Trinajstić information content (AvgIpc) is 2.93. The van der Waals surface area contributed by atoms with Crippen LogP contribution in [0.1, 0.15) is 79.7 Å². The highest BCUT2D eigenvalue weighted by Gasteiger charge is 2.64. The predicted octanol–water partition coefficient (Wildman–Crippen LogP) is 5.24. The molecule has 7 atom stereocenters. The summed E-state index contributed by atoms with van der Waals surface area (Å²) >= 11 is 0. The smallest absolute Gasteiger partial charge is 0.306 e. The van der Waals surface area contributed by atoms with Crippen molar-refractivity contribution in [2.24, 2.45) is 22.7 Å². The highest BCUT2D eigenvalue weighted by atomic mass is 16.6. The largest absolute Gasteiger partial charge is 0.462 e. The van der Waals surface area contributed by atoms with Gasteiger partial charge in [0, 0.05) is 50.9 Å². The number of benzene rings is 1. The molecule has 3 aliphatic carbocycles. The van der Waals surface area contributed by atoms with Gasteiger partial charge >= 0.3 is 23.9 Å². The maximum atomic E-state index is 13.5. The lowest BCUT2D eigenvalue weighted by molar-refractivity contribution is -0.202. The fourth-order valence-electron chi connectivity index (χ4n) is 7.85. The number of rotatable bonds is 7. The molecule has 0 amide bonds. The summed E-state index contributed by atoms with van der Waals surface area (Å²) in [6.07, 6.45) is -2.16. The Bertz CT molecular complexity index is 1370. The molecule has 0 aromatic heterocycles. The van der Waals surface area contributed by atoms with Crippen LogP contribution in [0.4, 0.5) is 0 Å². The Hall–Kier alpha value is -3.75. The normalized spacial score (nSPS) is 31.2. The van der Waals surface area contributed by atoms with Crippen molar-refractivity contribution in [3.63, 3.8) is 0 Å². The number of allylic oxidation sites excluding steroid dienone is 1. The van der Waals surface area contributed by atoms with Crippen molar-refractivity contribution in [3.05, 3.63) is 59.2 Å². The van der Waals surface area contributed by atoms with Crippen molar-refractivity contribution >= 4 is 29.7 Å². The summed E-state index contributed by atoms with van der Waals surface area (Å²) < 4.78 is 24.1. The second-order valence-corrected chi connectivity index (χ2v) is 13.2. The van der Waals surface area contributed by atoms with Crippen LogP contribution in [0.2, 0.25) is 0 Å². The lowest BCUT2D eigenvalue weighted by atomic mass is 9.49. The first-order valence-electron chi connectivity index (χ1n) is 15.3. The zero-order chi connectivity index (χ0) is 32.6. The van der Waals surface area contributed by atoms with E-state index in [1.165, 1.54) is 20.8 Å². The van der Waals surface area contributed by atoms with Gasteiger partial charge in [-0.2, -0.15) is 0 Å².